The summed E-state index contributed by atoms with van der Waals surface area (Å²) in [6, 6.07) is 32.9. The quantitative estimate of drug-likeness (QED) is 0.146. The molecule has 0 unspecified atom stereocenters. The van der Waals surface area contributed by atoms with Crippen LogP contribution in [-0.2, 0) is 29.2 Å². The van der Waals surface area contributed by atoms with Gasteiger partial charge < -0.3 is 29.8 Å². The third-order valence-electron chi connectivity index (χ3n) is 11.9. The maximum atomic E-state index is 13.1. The summed E-state index contributed by atoms with van der Waals surface area (Å²) in [7, 11) is 0. The molecule has 2 amide bonds. The van der Waals surface area contributed by atoms with Crippen molar-refractivity contribution in [3.05, 3.63) is 126 Å². The Morgan fingerprint density at radius 2 is 1.51 bits per heavy atom. The van der Waals surface area contributed by atoms with Crippen LogP contribution < -0.4 is 10.6 Å². The minimum atomic E-state index is -0.543. The smallest absolute Gasteiger partial charge is 0.315 e. The number of para-hydroxylation sites is 2. The van der Waals surface area contributed by atoms with Gasteiger partial charge in [0.05, 0.1) is 42.7 Å². The van der Waals surface area contributed by atoms with Crippen molar-refractivity contribution in [2.24, 2.45) is 17.8 Å². The second-order valence-corrected chi connectivity index (χ2v) is 15.6. The number of fused-ring (bicyclic) bond motifs is 1. The molecule has 4 saturated carbocycles. The molecule has 10 rings (SSSR count). The molecule has 4 bridgehead atoms. The maximum Gasteiger partial charge on any atom is 0.315 e. The topological polar surface area (TPSA) is 97.6 Å². The minimum absolute atomic E-state index is 0.00657. The molecule has 5 aliphatic rings. The van der Waals surface area contributed by atoms with E-state index in [9.17, 15) is 9.90 Å². The van der Waals surface area contributed by atoms with Gasteiger partial charge in [0.1, 0.15) is 0 Å². The fourth-order valence-corrected chi connectivity index (χ4v) is 9.83. The monoisotopic (exact) mass is 682 g/mol. The Hall–Kier alpha value is -4.50. The SMILES string of the molecule is O=C(NCc1cccc(-c2ccc([C@H]3O[C@@H](Cn4cnc5ccccc54)C[C@@H](c4ccc(CO)cc4)O3)cc2)c1)NC12CC3CC(CC(C3)C1)C2. The number of hydrogen-bond acceptors (Lipinski definition) is 5. The zero-order valence-corrected chi connectivity index (χ0v) is 28.9. The second kappa shape index (κ2) is 13.6. The number of aliphatic hydroxyl groups excluding tert-OH is 1. The molecule has 8 nitrogen and oxygen atoms in total. The van der Waals surface area contributed by atoms with Crippen LogP contribution in [0.2, 0.25) is 0 Å². The number of ether oxygens (including phenoxy) is 2. The lowest BCUT2D eigenvalue weighted by Crippen LogP contribution is -2.61. The predicted octanol–water partition coefficient (Wildman–Crippen LogP) is 8.21. The molecule has 1 aromatic heterocycles. The molecule has 3 atom stereocenters. The molecule has 5 aromatic rings. The number of hydrogen-bond donors (Lipinski definition) is 3. The van der Waals surface area contributed by atoms with Gasteiger partial charge in [0.2, 0.25) is 0 Å². The molecular formula is C43H46N4O4. The number of urea groups is 1. The number of aromatic nitrogens is 2. The number of carbonyl (C=O) groups is 1. The van der Waals surface area contributed by atoms with Gasteiger partial charge in [0, 0.05) is 24.1 Å². The van der Waals surface area contributed by atoms with Gasteiger partial charge in [-0.05, 0) is 102 Å². The minimum Gasteiger partial charge on any atom is -0.392 e. The number of benzene rings is 4. The van der Waals surface area contributed by atoms with E-state index in [1.54, 1.807) is 0 Å². The molecule has 4 aliphatic carbocycles. The van der Waals surface area contributed by atoms with E-state index in [0.29, 0.717) is 19.5 Å². The zero-order chi connectivity index (χ0) is 34.4. The Kier molecular flexibility index (Phi) is 8.62. The highest BCUT2D eigenvalue weighted by atomic mass is 16.7. The van der Waals surface area contributed by atoms with Crippen molar-refractivity contribution in [2.45, 2.75) is 88.7 Å². The Morgan fingerprint density at radius 3 is 2.25 bits per heavy atom. The molecule has 1 aliphatic heterocycles. The summed E-state index contributed by atoms with van der Waals surface area (Å²) in [5, 5.41) is 16.2. The summed E-state index contributed by atoms with van der Waals surface area (Å²) in [6.45, 7) is 1.16. The normalized spacial score (nSPS) is 28.2. The first-order chi connectivity index (χ1) is 25.0. The Labute approximate surface area is 299 Å². The van der Waals surface area contributed by atoms with Crippen LogP contribution in [-0.4, -0.2) is 32.3 Å². The third-order valence-corrected chi connectivity index (χ3v) is 11.9. The highest BCUT2D eigenvalue weighted by Crippen LogP contribution is 2.55. The van der Waals surface area contributed by atoms with Crippen LogP contribution in [0.1, 0.15) is 79.6 Å². The fraction of sp³-hybridized carbons (Fsp3) is 0.395. The van der Waals surface area contributed by atoms with Gasteiger partial charge in [-0.1, -0.05) is 78.9 Å². The summed E-state index contributed by atoms with van der Waals surface area (Å²) < 4.78 is 15.4. The summed E-state index contributed by atoms with van der Waals surface area (Å²) in [5.41, 5.74) is 8.20. The molecule has 0 spiro atoms. The second-order valence-electron chi connectivity index (χ2n) is 15.6. The number of nitrogens with zero attached hydrogens (tertiary/aromatic N) is 2. The molecule has 1 saturated heterocycles. The van der Waals surface area contributed by atoms with Gasteiger partial charge in [-0.3, -0.25) is 0 Å². The van der Waals surface area contributed by atoms with Crippen molar-refractivity contribution in [2.75, 3.05) is 0 Å². The van der Waals surface area contributed by atoms with Crippen molar-refractivity contribution in [1.29, 1.82) is 0 Å². The lowest BCUT2D eigenvalue weighted by molar-refractivity contribution is -0.252. The Morgan fingerprint density at radius 1 is 0.784 bits per heavy atom. The molecule has 3 N–H and O–H groups in total. The van der Waals surface area contributed by atoms with Crippen LogP contribution >= 0.6 is 0 Å². The van der Waals surface area contributed by atoms with Crippen LogP contribution in [0.15, 0.2) is 103 Å². The first-order valence-corrected chi connectivity index (χ1v) is 18.6. The van der Waals surface area contributed by atoms with Crippen LogP contribution in [0, 0.1) is 17.8 Å². The third kappa shape index (κ3) is 6.80. The number of aliphatic hydroxyl groups is 1. The van der Waals surface area contributed by atoms with Crippen molar-refractivity contribution in [1.82, 2.24) is 20.2 Å². The van der Waals surface area contributed by atoms with Gasteiger partial charge >= 0.3 is 6.03 Å². The summed E-state index contributed by atoms with van der Waals surface area (Å²) >= 11 is 0. The van der Waals surface area contributed by atoms with Crippen molar-refractivity contribution < 1.29 is 19.4 Å². The number of imidazole rings is 1. The zero-order valence-electron chi connectivity index (χ0n) is 28.9. The van der Waals surface area contributed by atoms with E-state index >= 15 is 0 Å². The summed E-state index contributed by atoms with van der Waals surface area (Å²) in [6.07, 6.45) is 9.30. The van der Waals surface area contributed by atoms with Crippen molar-refractivity contribution in [3.63, 3.8) is 0 Å². The molecular weight excluding hydrogens is 636 g/mol. The Balaban J connectivity index is 0.881. The Bertz CT molecular complexity index is 1970. The van der Waals surface area contributed by atoms with E-state index in [1.807, 2.05) is 48.8 Å². The van der Waals surface area contributed by atoms with E-state index in [2.05, 4.69) is 74.8 Å². The van der Waals surface area contributed by atoms with Crippen LogP contribution in [0.25, 0.3) is 22.2 Å². The molecule has 2 heterocycles. The van der Waals surface area contributed by atoms with Crippen molar-refractivity contribution >= 4 is 17.1 Å². The van der Waals surface area contributed by atoms with Crippen LogP contribution in [0.4, 0.5) is 4.79 Å². The van der Waals surface area contributed by atoms with E-state index in [-0.39, 0.29) is 30.4 Å². The van der Waals surface area contributed by atoms with Crippen LogP contribution in [0.5, 0.6) is 0 Å². The van der Waals surface area contributed by atoms with Crippen molar-refractivity contribution in [3.8, 4) is 11.1 Å². The summed E-state index contributed by atoms with van der Waals surface area (Å²) in [4.78, 5) is 17.7. The van der Waals surface area contributed by atoms with Gasteiger partial charge in [-0.25, -0.2) is 9.78 Å². The molecule has 5 fully saturated rings. The molecule has 0 radical (unpaired) electrons. The van der Waals surface area contributed by atoms with Crippen LogP contribution in [0.3, 0.4) is 0 Å². The molecule has 51 heavy (non-hydrogen) atoms. The van der Waals surface area contributed by atoms with E-state index in [1.165, 1.54) is 19.3 Å². The standard InChI is InChI=1S/C43H46N4O4/c48-26-28-8-10-34(11-9-28)40-20-37(25-47-27-45-38-6-1-2-7-39(38)47)50-41(51-40)35-14-12-33(13-15-35)36-5-3-4-29(19-36)24-44-42(49)46-43-21-30-16-31(22-43)18-32(17-30)23-43/h1-15,19,27,30-32,37,40-41,48H,16-18,20-26H2,(H2,44,46,49)/t30?,31?,32?,37-,40+,41+,43?/m1/s1. The number of nitrogens with one attached hydrogen (secondary N) is 2. The average molecular weight is 683 g/mol. The number of carbonyl (C=O) groups excluding carboxylic acids is 1. The van der Waals surface area contributed by atoms with E-state index < -0.39 is 6.29 Å². The fourth-order valence-electron chi connectivity index (χ4n) is 9.83. The molecule has 262 valence electrons. The van der Waals surface area contributed by atoms with Gasteiger partial charge in [-0.2, -0.15) is 0 Å². The molecule has 8 heteroatoms. The van der Waals surface area contributed by atoms with Gasteiger partial charge in [-0.15, -0.1) is 0 Å². The number of amides is 2. The highest BCUT2D eigenvalue weighted by Gasteiger charge is 2.51. The van der Waals surface area contributed by atoms with Gasteiger partial charge in [0.25, 0.3) is 0 Å². The molecule has 4 aromatic carbocycles. The summed E-state index contributed by atoms with van der Waals surface area (Å²) in [5.74, 6) is 2.39. The lowest BCUT2D eigenvalue weighted by atomic mass is 9.53. The largest absolute Gasteiger partial charge is 0.392 e. The average Bonchev–Trinajstić information content (AvgIpc) is 3.56. The van der Waals surface area contributed by atoms with E-state index in [0.717, 1.165) is 81.4 Å². The van der Waals surface area contributed by atoms with Gasteiger partial charge in [0.15, 0.2) is 6.29 Å². The van der Waals surface area contributed by atoms with E-state index in [4.69, 9.17) is 9.47 Å². The first-order valence-electron chi connectivity index (χ1n) is 18.6. The predicted molar refractivity (Wildman–Crippen MR) is 196 cm³/mol. The maximum absolute atomic E-state index is 13.1. The lowest BCUT2D eigenvalue weighted by Gasteiger charge is -2.56. The first kappa shape index (κ1) is 32.4. The highest BCUT2D eigenvalue weighted by molar-refractivity contribution is 5.75. The number of rotatable bonds is 9.